The molecule has 0 amide bonds. The van der Waals surface area contributed by atoms with Crippen molar-refractivity contribution >= 4 is 10.9 Å². The van der Waals surface area contributed by atoms with Crippen molar-refractivity contribution in [3.05, 3.63) is 29.5 Å². The molecule has 0 saturated carbocycles. The van der Waals surface area contributed by atoms with E-state index in [4.69, 9.17) is 0 Å². The summed E-state index contributed by atoms with van der Waals surface area (Å²) in [5.41, 5.74) is 0.859. The maximum absolute atomic E-state index is 12.9. The molecule has 0 bridgehead atoms. The quantitative estimate of drug-likeness (QED) is 0.692. The van der Waals surface area contributed by atoms with E-state index in [2.05, 4.69) is 10.2 Å². The van der Waals surface area contributed by atoms with Crippen molar-refractivity contribution < 1.29 is 8.78 Å². The van der Waals surface area contributed by atoms with Gasteiger partial charge in [-0.25, -0.2) is 8.78 Å². The number of aromatic amines is 1. The first-order valence-electron chi connectivity index (χ1n) is 4.48. The zero-order chi connectivity index (χ0) is 10.7. The third kappa shape index (κ3) is 1.73. The molecule has 2 aromatic rings. The zero-order valence-electron chi connectivity index (χ0n) is 8.36. The van der Waals surface area contributed by atoms with E-state index in [9.17, 15) is 8.78 Å². The number of hydrogen-bond acceptors (Lipinski definition) is 1. The molecule has 1 heterocycles. The van der Waals surface area contributed by atoms with Gasteiger partial charge in [0.2, 0.25) is 0 Å². The molecule has 0 radical (unpaired) electrons. The number of H-pyrrole nitrogens is 1. The van der Waals surface area contributed by atoms with Crippen LogP contribution in [0.5, 0.6) is 0 Å². The number of hydrogen-bond donors (Lipinski definition) is 1. The number of halogens is 2. The lowest BCUT2D eigenvalue weighted by atomic mass is 10.2. The van der Waals surface area contributed by atoms with Crippen LogP contribution in [-0.2, 0) is 0 Å². The lowest BCUT2D eigenvalue weighted by Crippen LogP contribution is -1.81. The fourth-order valence-corrected chi connectivity index (χ4v) is 1.17. The normalized spacial score (nSPS) is 9.79. The van der Waals surface area contributed by atoms with Gasteiger partial charge in [0, 0.05) is 17.1 Å². The number of nitrogens with one attached hydrogen (secondary N) is 1. The van der Waals surface area contributed by atoms with Gasteiger partial charge in [-0.05, 0) is 13.0 Å². The Hall–Kier alpha value is -1.45. The molecule has 0 aliphatic rings. The molecule has 2 rings (SSSR count). The van der Waals surface area contributed by atoms with Crippen LogP contribution in [0.1, 0.15) is 19.5 Å². The molecule has 0 unspecified atom stereocenters. The van der Waals surface area contributed by atoms with Gasteiger partial charge in [0.15, 0.2) is 5.82 Å². The van der Waals surface area contributed by atoms with Crippen LogP contribution < -0.4 is 0 Å². The van der Waals surface area contributed by atoms with Crippen LogP contribution >= 0.6 is 0 Å². The summed E-state index contributed by atoms with van der Waals surface area (Å²) in [5, 5.41) is 6.77. The van der Waals surface area contributed by atoms with Gasteiger partial charge in [0.1, 0.15) is 11.3 Å². The maximum Gasteiger partial charge on any atom is 0.154 e. The van der Waals surface area contributed by atoms with E-state index in [-0.39, 0.29) is 5.52 Å². The molecular formula is C10H12F2N2. The van der Waals surface area contributed by atoms with Gasteiger partial charge in [0.25, 0.3) is 0 Å². The van der Waals surface area contributed by atoms with E-state index < -0.39 is 11.6 Å². The van der Waals surface area contributed by atoms with Crippen LogP contribution in [0.3, 0.4) is 0 Å². The van der Waals surface area contributed by atoms with E-state index in [1.54, 1.807) is 6.92 Å². The summed E-state index contributed by atoms with van der Waals surface area (Å²) in [7, 11) is 0. The second kappa shape index (κ2) is 4.17. The van der Waals surface area contributed by atoms with Crippen molar-refractivity contribution in [3.8, 4) is 0 Å². The molecule has 14 heavy (non-hydrogen) atoms. The van der Waals surface area contributed by atoms with Gasteiger partial charge in [-0.3, -0.25) is 5.10 Å². The van der Waals surface area contributed by atoms with Crippen molar-refractivity contribution in [2.75, 3.05) is 0 Å². The highest BCUT2D eigenvalue weighted by atomic mass is 19.1. The largest absolute Gasteiger partial charge is 0.282 e. The molecule has 0 fully saturated rings. The third-order valence-corrected chi connectivity index (χ3v) is 1.77. The van der Waals surface area contributed by atoms with E-state index in [1.807, 2.05) is 13.8 Å². The van der Waals surface area contributed by atoms with Crippen molar-refractivity contribution in [1.82, 2.24) is 10.2 Å². The minimum atomic E-state index is -0.630. The molecule has 2 nitrogen and oxygen atoms in total. The molecule has 76 valence electrons. The van der Waals surface area contributed by atoms with Gasteiger partial charge in [-0.1, -0.05) is 13.8 Å². The Labute approximate surface area is 80.9 Å². The summed E-state index contributed by atoms with van der Waals surface area (Å²) in [6.45, 7) is 5.72. The summed E-state index contributed by atoms with van der Waals surface area (Å²) in [6, 6.07) is 2.08. The molecule has 0 spiro atoms. The number of aryl methyl sites for hydroxylation is 1. The van der Waals surface area contributed by atoms with Crippen LogP contribution in [0.15, 0.2) is 12.1 Å². The highest BCUT2D eigenvalue weighted by Gasteiger charge is 2.08. The van der Waals surface area contributed by atoms with Crippen molar-refractivity contribution in [3.63, 3.8) is 0 Å². The molecule has 0 saturated heterocycles. The van der Waals surface area contributed by atoms with E-state index >= 15 is 0 Å². The molecule has 1 aromatic carbocycles. The van der Waals surface area contributed by atoms with E-state index in [0.29, 0.717) is 11.1 Å². The SMILES string of the molecule is CC.Cc1[nH]nc2c(F)cc(F)cc12. The number of nitrogens with zero attached hydrogens (tertiary/aromatic N) is 1. The molecule has 0 aliphatic carbocycles. The maximum atomic E-state index is 12.9. The summed E-state index contributed by atoms with van der Waals surface area (Å²) in [4.78, 5) is 0. The molecule has 0 atom stereocenters. The smallest absolute Gasteiger partial charge is 0.154 e. The van der Waals surface area contributed by atoms with Crippen LogP contribution in [-0.4, -0.2) is 10.2 Å². The minimum Gasteiger partial charge on any atom is -0.282 e. The van der Waals surface area contributed by atoms with Gasteiger partial charge >= 0.3 is 0 Å². The number of rotatable bonds is 0. The third-order valence-electron chi connectivity index (χ3n) is 1.77. The first-order chi connectivity index (χ1) is 6.68. The summed E-state index contributed by atoms with van der Waals surface area (Å²) >= 11 is 0. The first kappa shape index (κ1) is 10.6. The molecule has 1 aromatic heterocycles. The summed E-state index contributed by atoms with van der Waals surface area (Å²) in [5.74, 6) is -1.21. The number of fused-ring (bicyclic) bond motifs is 1. The standard InChI is InChI=1S/C8H6F2N2.C2H6/c1-4-6-2-5(9)3-7(10)8(6)12-11-4;1-2/h2-3H,1H3,(H,11,12);1-2H3. The fraction of sp³-hybridized carbons (Fsp3) is 0.300. The summed E-state index contributed by atoms with van der Waals surface area (Å²) in [6.07, 6.45) is 0. The van der Waals surface area contributed by atoms with Crippen molar-refractivity contribution in [2.45, 2.75) is 20.8 Å². The molecule has 0 aliphatic heterocycles. The van der Waals surface area contributed by atoms with E-state index in [1.165, 1.54) is 6.07 Å². The predicted octanol–water partition coefficient (Wildman–Crippen LogP) is 3.18. The monoisotopic (exact) mass is 198 g/mol. The average molecular weight is 198 g/mol. The second-order valence-corrected chi connectivity index (χ2v) is 2.63. The average Bonchev–Trinajstić information content (AvgIpc) is 2.52. The molecule has 1 N–H and O–H groups in total. The fourth-order valence-electron chi connectivity index (χ4n) is 1.17. The number of benzene rings is 1. The topological polar surface area (TPSA) is 28.7 Å². The van der Waals surface area contributed by atoms with E-state index in [0.717, 1.165) is 6.07 Å². The second-order valence-electron chi connectivity index (χ2n) is 2.63. The highest BCUT2D eigenvalue weighted by Crippen LogP contribution is 2.19. The zero-order valence-corrected chi connectivity index (χ0v) is 8.36. The number of aromatic nitrogens is 2. The van der Waals surface area contributed by atoms with Gasteiger partial charge in [-0.2, -0.15) is 5.10 Å². The minimum absolute atomic E-state index is 0.189. The Bertz CT molecular complexity index is 435. The van der Waals surface area contributed by atoms with Crippen LogP contribution in [0.2, 0.25) is 0 Å². The van der Waals surface area contributed by atoms with Crippen LogP contribution in [0.25, 0.3) is 10.9 Å². The highest BCUT2D eigenvalue weighted by molar-refractivity contribution is 5.81. The van der Waals surface area contributed by atoms with Gasteiger partial charge in [-0.15, -0.1) is 0 Å². The lowest BCUT2D eigenvalue weighted by Gasteiger charge is -1.91. The summed E-state index contributed by atoms with van der Waals surface area (Å²) < 4.78 is 25.6. The van der Waals surface area contributed by atoms with Crippen molar-refractivity contribution in [1.29, 1.82) is 0 Å². The Morgan fingerprint density at radius 3 is 2.50 bits per heavy atom. The van der Waals surface area contributed by atoms with Crippen LogP contribution in [0.4, 0.5) is 8.78 Å². The van der Waals surface area contributed by atoms with Gasteiger partial charge in [0.05, 0.1) is 0 Å². The van der Waals surface area contributed by atoms with Crippen LogP contribution in [0, 0.1) is 18.6 Å². The molecule has 4 heteroatoms. The Morgan fingerprint density at radius 1 is 1.21 bits per heavy atom. The Kier molecular flexibility index (Phi) is 3.17. The predicted molar refractivity (Wildman–Crippen MR) is 52.1 cm³/mol. The first-order valence-corrected chi connectivity index (χ1v) is 4.48. The Morgan fingerprint density at radius 2 is 1.86 bits per heavy atom. The van der Waals surface area contributed by atoms with Gasteiger partial charge < -0.3 is 0 Å². The lowest BCUT2D eigenvalue weighted by molar-refractivity contribution is 0.590. The molecular weight excluding hydrogens is 186 g/mol. The van der Waals surface area contributed by atoms with Crippen molar-refractivity contribution in [2.24, 2.45) is 0 Å². The Balaban J connectivity index is 0.000000461.